The van der Waals surface area contributed by atoms with Crippen LogP contribution in [0.2, 0.25) is 5.02 Å². The Morgan fingerprint density at radius 1 is 1.05 bits per heavy atom. The number of anilines is 1. The Morgan fingerprint density at radius 2 is 1.73 bits per heavy atom. The molecule has 0 aromatic heterocycles. The van der Waals surface area contributed by atoms with Gasteiger partial charge in [0.05, 0.1) is 6.26 Å². The van der Waals surface area contributed by atoms with E-state index in [2.05, 4.69) is 10.6 Å². The molecule has 0 saturated carbocycles. The lowest BCUT2D eigenvalue weighted by atomic mass is 9.88. The first kappa shape index (κ1) is 30.0. The Labute approximate surface area is 237 Å². The van der Waals surface area contributed by atoms with Gasteiger partial charge < -0.3 is 10.6 Å². The lowest BCUT2D eigenvalue weighted by molar-refractivity contribution is -0.116. The molecule has 1 aliphatic heterocycles. The van der Waals surface area contributed by atoms with Crippen LogP contribution < -0.4 is 10.6 Å². The molecule has 3 unspecified atom stereocenters. The van der Waals surface area contributed by atoms with Crippen LogP contribution in [-0.4, -0.2) is 50.1 Å². The predicted octanol–water partition coefficient (Wildman–Crippen LogP) is 5.47. The van der Waals surface area contributed by atoms with Gasteiger partial charge in [-0.15, -0.1) is 0 Å². The van der Waals surface area contributed by atoms with Crippen LogP contribution in [0.4, 0.5) is 18.9 Å². The molecule has 4 rings (SSSR count). The Hall–Kier alpha value is -2.92. The zero-order valence-electron chi connectivity index (χ0n) is 22.1. The van der Waals surface area contributed by atoms with E-state index in [1.807, 2.05) is 6.92 Å². The first-order valence-corrected chi connectivity index (χ1v) is 15.1. The average molecular weight is 594 g/mol. The van der Waals surface area contributed by atoms with Crippen LogP contribution in [0.3, 0.4) is 0 Å². The monoisotopic (exact) mass is 593 g/mol. The first-order valence-electron chi connectivity index (χ1n) is 12.9. The van der Waals surface area contributed by atoms with Gasteiger partial charge in [-0.3, -0.25) is 4.79 Å². The second-order valence-corrected chi connectivity index (χ2v) is 12.4. The summed E-state index contributed by atoms with van der Waals surface area (Å²) in [6, 6.07) is 13.4. The first-order chi connectivity index (χ1) is 18.9. The highest BCUT2D eigenvalue weighted by molar-refractivity contribution is 7.88. The summed E-state index contributed by atoms with van der Waals surface area (Å²) >= 11 is 6.01. The Bertz CT molecular complexity index is 1450. The minimum atomic E-state index is -3.47. The fourth-order valence-electron chi connectivity index (χ4n) is 5.35. The van der Waals surface area contributed by atoms with E-state index in [0.717, 1.165) is 12.3 Å². The number of hydrogen-bond acceptors (Lipinski definition) is 4. The van der Waals surface area contributed by atoms with Crippen molar-refractivity contribution in [2.75, 3.05) is 24.7 Å². The van der Waals surface area contributed by atoms with E-state index in [4.69, 9.17) is 11.6 Å². The number of carbonyl (C=O) groups is 1. The van der Waals surface area contributed by atoms with Crippen LogP contribution in [0.1, 0.15) is 42.4 Å². The van der Waals surface area contributed by atoms with Gasteiger partial charge in [-0.1, -0.05) is 29.8 Å². The zero-order valence-corrected chi connectivity index (χ0v) is 23.7. The normalized spacial score (nSPS) is 18.9. The molecular weight excluding hydrogens is 563 g/mol. The summed E-state index contributed by atoms with van der Waals surface area (Å²) in [5.41, 5.74) is 1.41. The van der Waals surface area contributed by atoms with Crippen molar-refractivity contribution in [1.29, 1.82) is 0 Å². The molecule has 1 saturated heterocycles. The van der Waals surface area contributed by atoms with Gasteiger partial charge in [0.1, 0.15) is 17.5 Å². The molecule has 1 heterocycles. The van der Waals surface area contributed by atoms with Crippen LogP contribution in [0, 0.1) is 17.5 Å². The van der Waals surface area contributed by atoms with Crippen LogP contribution in [0.5, 0.6) is 0 Å². The van der Waals surface area contributed by atoms with E-state index in [0.29, 0.717) is 30.1 Å². The van der Waals surface area contributed by atoms with E-state index in [1.54, 1.807) is 30.3 Å². The Balaban J connectivity index is 1.55. The molecule has 3 atom stereocenters. The smallest absolute Gasteiger partial charge is 0.225 e. The van der Waals surface area contributed by atoms with E-state index in [9.17, 15) is 26.4 Å². The van der Waals surface area contributed by atoms with Gasteiger partial charge in [0.15, 0.2) is 0 Å². The number of hydrogen-bond donors (Lipinski definition) is 2. The van der Waals surface area contributed by atoms with Crippen molar-refractivity contribution in [3.05, 3.63) is 99.8 Å². The van der Waals surface area contributed by atoms with Gasteiger partial charge in [0.2, 0.25) is 15.9 Å². The van der Waals surface area contributed by atoms with Crippen molar-refractivity contribution >= 4 is 33.2 Å². The molecule has 6 nitrogen and oxygen atoms in total. The second kappa shape index (κ2) is 12.7. The van der Waals surface area contributed by atoms with Gasteiger partial charge in [-0.2, -0.15) is 4.31 Å². The number of sulfonamides is 1. The quantitative estimate of drug-likeness (QED) is 0.345. The molecule has 1 fully saturated rings. The Kier molecular flexibility index (Phi) is 9.56. The minimum absolute atomic E-state index is 0.174. The van der Waals surface area contributed by atoms with Crippen molar-refractivity contribution in [3.8, 4) is 0 Å². The third kappa shape index (κ3) is 7.42. The molecule has 1 amide bonds. The van der Waals surface area contributed by atoms with Gasteiger partial charge in [-0.25, -0.2) is 21.6 Å². The average Bonchev–Trinajstić information content (AvgIpc) is 2.86. The molecule has 3 aromatic rings. The predicted molar refractivity (Wildman–Crippen MR) is 150 cm³/mol. The van der Waals surface area contributed by atoms with Gasteiger partial charge >= 0.3 is 0 Å². The maximum Gasteiger partial charge on any atom is 0.225 e. The molecule has 1 aliphatic rings. The zero-order chi connectivity index (χ0) is 29.0. The van der Waals surface area contributed by atoms with Crippen molar-refractivity contribution in [2.24, 2.45) is 0 Å². The number of nitrogens with one attached hydrogen (secondary N) is 2. The number of halogens is 4. The lowest BCUT2D eigenvalue weighted by Crippen LogP contribution is -2.58. The summed E-state index contributed by atoms with van der Waals surface area (Å²) in [4.78, 5) is 13.3. The van der Waals surface area contributed by atoms with Crippen molar-refractivity contribution in [2.45, 2.75) is 44.2 Å². The van der Waals surface area contributed by atoms with E-state index < -0.39 is 39.3 Å². The van der Waals surface area contributed by atoms with E-state index in [1.165, 1.54) is 28.6 Å². The van der Waals surface area contributed by atoms with Gasteiger partial charge in [0.25, 0.3) is 0 Å². The highest BCUT2D eigenvalue weighted by Gasteiger charge is 2.34. The highest BCUT2D eigenvalue weighted by atomic mass is 35.5. The maximum absolute atomic E-state index is 15.0. The van der Waals surface area contributed by atoms with Crippen molar-refractivity contribution in [3.63, 3.8) is 0 Å². The molecule has 3 aromatic carbocycles. The van der Waals surface area contributed by atoms with Crippen molar-refractivity contribution < 1.29 is 26.4 Å². The minimum Gasteiger partial charge on any atom is -0.326 e. The summed E-state index contributed by atoms with van der Waals surface area (Å²) in [6.45, 7) is 2.77. The summed E-state index contributed by atoms with van der Waals surface area (Å²) in [7, 11) is -3.47. The molecular formula is C29H31ClF3N3O3S. The second-order valence-electron chi connectivity index (χ2n) is 10.1. The number of nitrogens with zero attached hydrogens (tertiary/aromatic N) is 1. The summed E-state index contributed by atoms with van der Waals surface area (Å²) in [6.07, 6.45) is 1.51. The molecule has 0 radical (unpaired) electrons. The van der Waals surface area contributed by atoms with Gasteiger partial charge in [0, 0.05) is 59.9 Å². The molecule has 2 N–H and O–H groups in total. The third-order valence-corrected chi connectivity index (χ3v) is 8.74. The standard InChI is InChI=1S/C29H31ClF3N3O3S/c1-18-16-34-17-24(36(18)40(2,38)39)10-11-25-27(33)4-3-5-28(25)35-29(37)15-26(19-6-8-21(30)9-7-19)20-12-22(31)14-23(32)13-20/h3-9,12-14,18,24,26,34H,10-11,15-17H2,1-2H3,(H,35,37). The van der Waals surface area contributed by atoms with Crippen LogP contribution in [0.15, 0.2) is 60.7 Å². The number of benzene rings is 3. The fraction of sp³-hybridized carbons (Fsp3) is 0.345. The third-order valence-electron chi connectivity index (χ3n) is 7.07. The molecule has 40 heavy (non-hydrogen) atoms. The van der Waals surface area contributed by atoms with Crippen LogP contribution in [0.25, 0.3) is 0 Å². The molecule has 0 bridgehead atoms. The largest absolute Gasteiger partial charge is 0.326 e. The summed E-state index contributed by atoms with van der Waals surface area (Å²) < 4.78 is 69.4. The van der Waals surface area contributed by atoms with Crippen molar-refractivity contribution in [1.82, 2.24) is 9.62 Å². The van der Waals surface area contributed by atoms with Gasteiger partial charge in [-0.05, 0) is 67.3 Å². The fourth-order valence-corrected chi connectivity index (χ4v) is 6.93. The molecule has 0 spiro atoms. The highest BCUT2D eigenvalue weighted by Crippen LogP contribution is 2.31. The number of amides is 1. The number of carbonyl (C=O) groups excluding carboxylic acids is 1. The molecule has 214 valence electrons. The Morgan fingerprint density at radius 3 is 2.38 bits per heavy atom. The van der Waals surface area contributed by atoms with Crippen LogP contribution >= 0.6 is 11.6 Å². The summed E-state index contributed by atoms with van der Waals surface area (Å²) in [5, 5.41) is 6.45. The number of piperazine rings is 1. The van der Waals surface area contributed by atoms with E-state index in [-0.39, 0.29) is 41.7 Å². The number of rotatable bonds is 9. The lowest BCUT2D eigenvalue weighted by Gasteiger charge is -2.39. The van der Waals surface area contributed by atoms with Crippen LogP contribution in [-0.2, 0) is 21.2 Å². The SMILES string of the molecule is CC1CNCC(CCc2c(F)cccc2NC(=O)CC(c2ccc(Cl)cc2)c2cc(F)cc(F)c2)N1S(C)(=O)=O. The maximum atomic E-state index is 15.0. The summed E-state index contributed by atoms with van der Waals surface area (Å²) in [5.74, 6) is -3.24. The topological polar surface area (TPSA) is 78.5 Å². The molecule has 0 aliphatic carbocycles. The molecule has 11 heteroatoms. The van der Waals surface area contributed by atoms with E-state index >= 15 is 0 Å².